The minimum atomic E-state index is -0.155. The highest BCUT2D eigenvalue weighted by atomic mass is 16.6. The predicted molar refractivity (Wildman–Crippen MR) is 51.0 cm³/mol. The van der Waals surface area contributed by atoms with Crippen molar-refractivity contribution >= 4 is 5.97 Å². The van der Waals surface area contributed by atoms with Crippen molar-refractivity contribution in [3.63, 3.8) is 0 Å². The molecule has 0 N–H and O–H groups in total. The Morgan fingerprint density at radius 2 is 2.36 bits per heavy atom. The first-order valence-corrected chi connectivity index (χ1v) is 5.09. The first-order valence-electron chi connectivity index (χ1n) is 5.09. The zero-order chi connectivity index (χ0) is 10.2. The average Bonchev–Trinajstić information content (AvgIpc) is 2.68. The second kappa shape index (κ2) is 6.79. The lowest BCUT2D eigenvalue weighted by Gasteiger charge is -2.08. The summed E-state index contributed by atoms with van der Waals surface area (Å²) < 4.78 is 15.1. The molecule has 1 aliphatic rings. The van der Waals surface area contributed by atoms with Crippen molar-refractivity contribution in [3.05, 3.63) is 0 Å². The highest BCUT2D eigenvalue weighted by molar-refractivity contribution is 5.69. The van der Waals surface area contributed by atoms with Gasteiger partial charge in [-0.3, -0.25) is 4.79 Å². The maximum Gasteiger partial charge on any atom is 0.305 e. The minimum Gasteiger partial charge on any atom is -0.463 e. The molecule has 1 fully saturated rings. The number of ether oxygens (including phenoxy) is 3. The van der Waals surface area contributed by atoms with Gasteiger partial charge in [0.1, 0.15) is 6.61 Å². The van der Waals surface area contributed by atoms with E-state index in [-0.39, 0.29) is 12.1 Å². The van der Waals surface area contributed by atoms with Crippen molar-refractivity contribution in [1.82, 2.24) is 0 Å². The fourth-order valence-corrected chi connectivity index (χ4v) is 1.46. The van der Waals surface area contributed by atoms with Crippen LogP contribution >= 0.6 is 0 Å². The van der Waals surface area contributed by atoms with Gasteiger partial charge < -0.3 is 14.2 Å². The lowest BCUT2D eigenvalue weighted by atomic mass is 10.1. The van der Waals surface area contributed by atoms with E-state index in [1.165, 1.54) is 0 Å². The van der Waals surface area contributed by atoms with E-state index in [4.69, 9.17) is 14.2 Å². The molecule has 4 heteroatoms. The SMILES string of the molecule is COCCOC(=O)CCC1CCCO1. The fraction of sp³-hybridized carbons (Fsp3) is 0.900. The van der Waals surface area contributed by atoms with Gasteiger partial charge in [-0.05, 0) is 19.3 Å². The Kier molecular flexibility index (Phi) is 5.56. The number of carbonyl (C=O) groups is 1. The molecule has 0 aromatic carbocycles. The van der Waals surface area contributed by atoms with Gasteiger partial charge in [0.2, 0.25) is 0 Å². The molecule has 1 aliphatic heterocycles. The standard InChI is InChI=1S/C10H18O4/c1-12-7-8-14-10(11)5-4-9-3-2-6-13-9/h9H,2-8H2,1H3. The molecule has 0 saturated carbocycles. The van der Waals surface area contributed by atoms with Gasteiger partial charge in [0.15, 0.2) is 0 Å². The van der Waals surface area contributed by atoms with E-state index in [9.17, 15) is 4.79 Å². The number of rotatable bonds is 6. The number of carbonyl (C=O) groups excluding carboxylic acids is 1. The Bertz CT molecular complexity index is 164. The van der Waals surface area contributed by atoms with Crippen LogP contribution < -0.4 is 0 Å². The van der Waals surface area contributed by atoms with Crippen molar-refractivity contribution < 1.29 is 19.0 Å². The lowest BCUT2D eigenvalue weighted by Crippen LogP contribution is -2.13. The van der Waals surface area contributed by atoms with Crippen LogP contribution in [0.15, 0.2) is 0 Å². The van der Waals surface area contributed by atoms with Crippen LogP contribution in [0.3, 0.4) is 0 Å². The summed E-state index contributed by atoms with van der Waals surface area (Å²) in [4.78, 5) is 11.1. The van der Waals surface area contributed by atoms with Gasteiger partial charge in [-0.2, -0.15) is 0 Å². The van der Waals surface area contributed by atoms with Crippen LogP contribution in [0, 0.1) is 0 Å². The molecule has 14 heavy (non-hydrogen) atoms. The lowest BCUT2D eigenvalue weighted by molar-refractivity contribution is -0.145. The minimum absolute atomic E-state index is 0.155. The van der Waals surface area contributed by atoms with Crippen LogP contribution in [0.25, 0.3) is 0 Å². The van der Waals surface area contributed by atoms with Gasteiger partial charge in [-0.25, -0.2) is 0 Å². The quantitative estimate of drug-likeness (QED) is 0.478. The van der Waals surface area contributed by atoms with E-state index >= 15 is 0 Å². The highest BCUT2D eigenvalue weighted by Gasteiger charge is 2.16. The van der Waals surface area contributed by atoms with Crippen molar-refractivity contribution in [2.24, 2.45) is 0 Å². The second-order valence-corrected chi connectivity index (χ2v) is 3.39. The van der Waals surface area contributed by atoms with Crippen molar-refractivity contribution in [2.75, 3.05) is 26.9 Å². The molecule has 0 aromatic rings. The number of hydrogen-bond acceptors (Lipinski definition) is 4. The molecule has 0 radical (unpaired) electrons. The number of methoxy groups -OCH3 is 1. The van der Waals surface area contributed by atoms with Gasteiger partial charge in [-0.1, -0.05) is 0 Å². The Morgan fingerprint density at radius 3 is 3.00 bits per heavy atom. The summed E-state index contributed by atoms with van der Waals surface area (Å²) in [5.74, 6) is -0.155. The van der Waals surface area contributed by atoms with Crippen LogP contribution in [0.4, 0.5) is 0 Å². The van der Waals surface area contributed by atoms with E-state index in [1.807, 2.05) is 0 Å². The topological polar surface area (TPSA) is 44.8 Å². The molecule has 1 atom stereocenters. The zero-order valence-corrected chi connectivity index (χ0v) is 8.66. The van der Waals surface area contributed by atoms with Gasteiger partial charge in [-0.15, -0.1) is 0 Å². The van der Waals surface area contributed by atoms with Gasteiger partial charge in [0.25, 0.3) is 0 Å². The van der Waals surface area contributed by atoms with Gasteiger partial charge >= 0.3 is 5.97 Å². The largest absolute Gasteiger partial charge is 0.463 e. The van der Waals surface area contributed by atoms with E-state index in [0.29, 0.717) is 19.6 Å². The van der Waals surface area contributed by atoms with Crippen molar-refractivity contribution in [1.29, 1.82) is 0 Å². The Morgan fingerprint density at radius 1 is 1.50 bits per heavy atom. The summed E-state index contributed by atoms with van der Waals surface area (Å²) in [6.07, 6.45) is 3.69. The Hall–Kier alpha value is -0.610. The molecule has 1 heterocycles. The highest BCUT2D eigenvalue weighted by Crippen LogP contribution is 2.16. The van der Waals surface area contributed by atoms with E-state index < -0.39 is 0 Å². The Labute approximate surface area is 84.5 Å². The normalized spacial score (nSPS) is 21.1. The molecular formula is C10H18O4. The molecule has 4 nitrogen and oxygen atoms in total. The van der Waals surface area contributed by atoms with Crippen LogP contribution in [-0.2, 0) is 19.0 Å². The number of hydrogen-bond donors (Lipinski definition) is 0. The Balaban J connectivity index is 1.96. The van der Waals surface area contributed by atoms with Gasteiger partial charge in [0.05, 0.1) is 12.7 Å². The van der Waals surface area contributed by atoms with E-state index in [1.54, 1.807) is 7.11 Å². The van der Waals surface area contributed by atoms with Crippen molar-refractivity contribution in [3.8, 4) is 0 Å². The maximum absolute atomic E-state index is 11.1. The van der Waals surface area contributed by atoms with E-state index in [0.717, 1.165) is 25.9 Å². The van der Waals surface area contributed by atoms with Crippen LogP contribution in [0.1, 0.15) is 25.7 Å². The summed E-state index contributed by atoms with van der Waals surface area (Å²) in [5.41, 5.74) is 0. The van der Waals surface area contributed by atoms with Crippen molar-refractivity contribution in [2.45, 2.75) is 31.8 Å². The summed E-state index contributed by atoms with van der Waals surface area (Å²) in [5, 5.41) is 0. The molecule has 0 bridgehead atoms. The average molecular weight is 202 g/mol. The van der Waals surface area contributed by atoms with Crippen LogP contribution in [-0.4, -0.2) is 39.0 Å². The van der Waals surface area contributed by atoms with Crippen LogP contribution in [0.5, 0.6) is 0 Å². The van der Waals surface area contributed by atoms with Crippen LogP contribution in [0.2, 0.25) is 0 Å². The van der Waals surface area contributed by atoms with Gasteiger partial charge in [0, 0.05) is 20.1 Å². The summed E-state index contributed by atoms with van der Waals surface area (Å²) >= 11 is 0. The third-order valence-corrected chi connectivity index (χ3v) is 2.24. The fourth-order valence-electron chi connectivity index (χ4n) is 1.46. The third kappa shape index (κ3) is 4.58. The maximum atomic E-state index is 11.1. The first-order chi connectivity index (χ1) is 6.83. The monoisotopic (exact) mass is 202 g/mol. The molecule has 0 amide bonds. The summed E-state index contributed by atoms with van der Waals surface area (Å²) in [6.45, 7) is 1.65. The summed E-state index contributed by atoms with van der Waals surface area (Å²) in [7, 11) is 1.58. The molecule has 1 saturated heterocycles. The summed E-state index contributed by atoms with van der Waals surface area (Å²) in [6, 6.07) is 0. The number of esters is 1. The first kappa shape index (κ1) is 11.5. The smallest absolute Gasteiger partial charge is 0.305 e. The zero-order valence-electron chi connectivity index (χ0n) is 8.66. The predicted octanol–water partition coefficient (Wildman–Crippen LogP) is 1.14. The molecule has 1 rings (SSSR count). The molecule has 0 aliphatic carbocycles. The molecular weight excluding hydrogens is 184 g/mol. The molecule has 1 unspecified atom stereocenters. The second-order valence-electron chi connectivity index (χ2n) is 3.39. The molecule has 82 valence electrons. The third-order valence-electron chi connectivity index (χ3n) is 2.24. The molecule has 0 spiro atoms. The van der Waals surface area contributed by atoms with E-state index in [2.05, 4.69) is 0 Å². The molecule has 0 aromatic heterocycles.